The first-order chi connectivity index (χ1) is 17.4. The Morgan fingerprint density at radius 1 is 0.917 bits per heavy atom. The van der Waals surface area contributed by atoms with Gasteiger partial charge in [0.2, 0.25) is 5.91 Å². The van der Waals surface area contributed by atoms with Gasteiger partial charge in [-0.15, -0.1) is 0 Å². The topological polar surface area (TPSA) is 83.4 Å². The zero-order valence-corrected chi connectivity index (χ0v) is 20.4. The summed E-state index contributed by atoms with van der Waals surface area (Å²) < 4.78 is 1.81. The lowest BCUT2D eigenvalue weighted by atomic mass is 10.1. The van der Waals surface area contributed by atoms with Gasteiger partial charge in [0.05, 0.1) is 6.54 Å². The smallest absolute Gasteiger partial charge is 0.329 e. The van der Waals surface area contributed by atoms with Crippen molar-refractivity contribution in [3.8, 4) is 0 Å². The number of para-hydroxylation sites is 1. The number of hydrogen-bond acceptors (Lipinski definition) is 3. The Labute approximate surface area is 216 Å². The van der Waals surface area contributed by atoms with E-state index in [1.54, 1.807) is 65.4 Å². The Morgan fingerprint density at radius 2 is 1.58 bits per heavy atom. The molecule has 1 fully saturated rings. The molecule has 7 nitrogen and oxygen atoms in total. The third-order valence-electron chi connectivity index (χ3n) is 5.78. The first kappa shape index (κ1) is 23.7. The maximum Gasteiger partial charge on any atom is 0.329 e. The molecule has 4 aromatic rings. The highest BCUT2D eigenvalue weighted by molar-refractivity contribution is 6.30. The number of imide groups is 1. The SMILES string of the molecule is O=C(Cn1cc(/C=C2\NC(=O)N(Cc3ccc(Cl)cc3)C2=O)c2ccccc21)Nc1ccc(Cl)cc1. The zero-order chi connectivity index (χ0) is 25.2. The summed E-state index contributed by atoms with van der Waals surface area (Å²) in [5.41, 5.74) is 3.13. The molecule has 180 valence electrons. The predicted molar refractivity (Wildman–Crippen MR) is 141 cm³/mol. The molecule has 36 heavy (non-hydrogen) atoms. The van der Waals surface area contributed by atoms with E-state index in [0.717, 1.165) is 21.4 Å². The summed E-state index contributed by atoms with van der Waals surface area (Å²) in [5, 5.41) is 7.52. The van der Waals surface area contributed by atoms with Crippen LogP contribution in [-0.2, 0) is 22.7 Å². The third kappa shape index (κ3) is 4.98. The molecule has 0 saturated carbocycles. The molecule has 1 saturated heterocycles. The maximum atomic E-state index is 13.0. The van der Waals surface area contributed by atoms with Crippen LogP contribution >= 0.6 is 23.2 Å². The van der Waals surface area contributed by atoms with Crippen molar-refractivity contribution in [1.82, 2.24) is 14.8 Å². The van der Waals surface area contributed by atoms with Gasteiger partial charge in [-0.05, 0) is 54.1 Å². The van der Waals surface area contributed by atoms with Crippen LogP contribution in [0.1, 0.15) is 11.1 Å². The molecule has 2 N–H and O–H groups in total. The van der Waals surface area contributed by atoms with Gasteiger partial charge < -0.3 is 15.2 Å². The minimum atomic E-state index is -0.493. The number of nitrogens with one attached hydrogen (secondary N) is 2. The molecule has 2 heterocycles. The summed E-state index contributed by atoms with van der Waals surface area (Å²) in [6, 6.07) is 20.9. The van der Waals surface area contributed by atoms with Gasteiger partial charge in [0.1, 0.15) is 12.2 Å². The normalized spacial score (nSPS) is 14.5. The fourth-order valence-corrected chi connectivity index (χ4v) is 4.30. The predicted octanol–water partition coefficient (Wildman–Crippen LogP) is 5.68. The van der Waals surface area contributed by atoms with Crippen molar-refractivity contribution in [2.24, 2.45) is 0 Å². The van der Waals surface area contributed by atoms with Gasteiger partial charge in [0, 0.05) is 38.4 Å². The Balaban J connectivity index is 1.38. The Bertz CT molecular complexity index is 1510. The molecular weight excluding hydrogens is 499 g/mol. The second-order valence-corrected chi connectivity index (χ2v) is 9.16. The Hall–Kier alpha value is -4.07. The van der Waals surface area contributed by atoms with Crippen LogP contribution in [0, 0.1) is 0 Å². The van der Waals surface area contributed by atoms with Gasteiger partial charge in [0.25, 0.3) is 5.91 Å². The number of benzene rings is 3. The number of hydrogen-bond donors (Lipinski definition) is 2. The Morgan fingerprint density at radius 3 is 2.31 bits per heavy atom. The maximum absolute atomic E-state index is 13.0. The van der Waals surface area contributed by atoms with Crippen LogP contribution in [0.15, 0.2) is 84.7 Å². The standard InChI is InChI=1S/C27H20Cl2N4O3/c28-19-7-5-17(6-8-19)14-33-26(35)23(31-27(33)36)13-18-15-32(24-4-2-1-3-22(18)24)16-25(34)30-21-11-9-20(29)10-12-21/h1-13,15H,14,16H2,(H,30,34)(H,31,36)/b23-13-. The molecule has 9 heteroatoms. The molecule has 0 atom stereocenters. The minimum absolute atomic E-state index is 0.0648. The lowest BCUT2D eigenvalue weighted by molar-refractivity contribution is -0.123. The largest absolute Gasteiger partial charge is 0.337 e. The molecule has 3 aromatic carbocycles. The fourth-order valence-electron chi connectivity index (χ4n) is 4.05. The van der Waals surface area contributed by atoms with Crippen molar-refractivity contribution < 1.29 is 14.4 Å². The summed E-state index contributed by atoms with van der Waals surface area (Å²) in [6.07, 6.45) is 3.43. The van der Waals surface area contributed by atoms with Gasteiger partial charge in [-0.25, -0.2) is 4.79 Å². The van der Waals surface area contributed by atoms with E-state index in [-0.39, 0.29) is 24.7 Å². The van der Waals surface area contributed by atoms with Gasteiger partial charge in [-0.2, -0.15) is 0 Å². The first-order valence-electron chi connectivity index (χ1n) is 11.1. The van der Waals surface area contributed by atoms with E-state index in [9.17, 15) is 14.4 Å². The summed E-state index contributed by atoms with van der Waals surface area (Å²) in [5.74, 6) is -0.635. The van der Waals surface area contributed by atoms with Crippen molar-refractivity contribution in [3.05, 3.63) is 106 Å². The van der Waals surface area contributed by atoms with Crippen molar-refractivity contribution in [2.45, 2.75) is 13.1 Å². The quantitative estimate of drug-likeness (QED) is 0.254. The number of rotatable bonds is 6. The van der Waals surface area contributed by atoms with Crippen LogP contribution in [0.5, 0.6) is 0 Å². The summed E-state index contributed by atoms with van der Waals surface area (Å²) in [6.45, 7) is 0.196. The highest BCUT2D eigenvalue weighted by atomic mass is 35.5. The number of amides is 4. The molecule has 0 spiro atoms. The van der Waals surface area contributed by atoms with E-state index in [1.807, 2.05) is 24.3 Å². The third-order valence-corrected chi connectivity index (χ3v) is 6.28. The Kier molecular flexibility index (Phi) is 6.50. The minimum Gasteiger partial charge on any atom is -0.337 e. The van der Waals surface area contributed by atoms with E-state index < -0.39 is 11.9 Å². The van der Waals surface area contributed by atoms with Gasteiger partial charge in [-0.1, -0.05) is 53.5 Å². The monoisotopic (exact) mass is 518 g/mol. The molecule has 1 aliphatic heterocycles. The van der Waals surface area contributed by atoms with E-state index in [4.69, 9.17) is 23.2 Å². The van der Waals surface area contributed by atoms with Crippen LogP contribution in [0.2, 0.25) is 10.0 Å². The molecule has 0 aliphatic carbocycles. The average Bonchev–Trinajstić information content (AvgIpc) is 3.33. The summed E-state index contributed by atoms with van der Waals surface area (Å²) in [4.78, 5) is 39.4. The first-order valence-corrected chi connectivity index (χ1v) is 11.9. The van der Waals surface area contributed by atoms with Gasteiger partial charge in [-0.3, -0.25) is 14.5 Å². The van der Waals surface area contributed by atoms with Crippen LogP contribution in [0.4, 0.5) is 10.5 Å². The van der Waals surface area contributed by atoms with E-state index in [2.05, 4.69) is 10.6 Å². The number of anilines is 1. The lowest BCUT2D eigenvalue weighted by Crippen LogP contribution is -2.30. The zero-order valence-electron chi connectivity index (χ0n) is 18.9. The van der Waals surface area contributed by atoms with E-state index >= 15 is 0 Å². The number of carbonyl (C=O) groups excluding carboxylic acids is 3. The molecule has 0 radical (unpaired) electrons. The molecule has 5 rings (SSSR count). The highest BCUT2D eigenvalue weighted by Gasteiger charge is 2.33. The number of halogens is 2. The average molecular weight is 519 g/mol. The van der Waals surface area contributed by atoms with Crippen LogP contribution < -0.4 is 10.6 Å². The van der Waals surface area contributed by atoms with E-state index in [0.29, 0.717) is 21.3 Å². The van der Waals surface area contributed by atoms with Crippen molar-refractivity contribution in [2.75, 3.05) is 5.32 Å². The molecule has 1 aliphatic rings. The van der Waals surface area contributed by atoms with Gasteiger partial charge >= 0.3 is 6.03 Å². The molecule has 0 bridgehead atoms. The van der Waals surface area contributed by atoms with Gasteiger partial charge in [0.15, 0.2) is 0 Å². The molecule has 0 unspecified atom stereocenters. The second-order valence-electron chi connectivity index (χ2n) is 8.29. The number of carbonyl (C=O) groups is 3. The summed E-state index contributed by atoms with van der Waals surface area (Å²) in [7, 11) is 0. The summed E-state index contributed by atoms with van der Waals surface area (Å²) >= 11 is 11.8. The number of nitrogens with zero attached hydrogens (tertiary/aromatic N) is 2. The highest BCUT2D eigenvalue weighted by Crippen LogP contribution is 2.26. The van der Waals surface area contributed by atoms with Crippen molar-refractivity contribution >= 4 is 63.7 Å². The fraction of sp³-hybridized carbons (Fsp3) is 0.0741. The van der Waals surface area contributed by atoms with Crippen LogP contribution in [0.3, 0.4) is 0 Å². The van der Waals surface area contributed by atoms with Crippen LogP contribution in [-0.4, -0.2) is 27.3 Å². The number of aromatic nitrogens is 1. The molecule has 1 aromatic heterocycles. The van der Waals surface area contributed by atoms with Crippen LogP contribution in [0.25, 0.3) is 17.0 Å². The van der Waals surface area contributed by atoms with Crippen molar-refractivity contribution in [3.63, 3.8) is 0 Å². The number of fused-ring (bicyclic) bond motifs is 1. The number of urea groups is 1. The lowest BCUT2D eigenvalue weighted by Gasteiger charge is -2.11. The molecular formula is C27H20Cl2N4O3. The van der Waals surface area contributed by atoms with E-state index in [1.165, 1.54) is 0 Å². The van der Waals surface area contributed by atoms with Crippen molar-refractivity contribution in [1.29, 1.82) is 0 Å². The second kappa shape index (κ2) is 9.89. The molecule has 4 amide bonds.